The van der Waals surface area contributed by atoms with Crippen molar-refractivity contribution in [3.05, 3.63) is 0 Å². The number of nitrogens with zero attached hydrogens (tertiary/aromatic N) is 1. The molecule has 1 saturated heterocycles. The minimum atomic E-state index is -5.14. The van der Waals surface area contributed by atoms with Crippen molar-refractivity contribution in [1.29, 1.82) is 5.41 Å². The van der Waals surface area contributed by atoms with Crippen LogP contribution in [-0.4, -0.2) is 94.4 Å². The molecule has 0 aliphatic carbocycles. The van der Waals surface area contributed by atoms with E-state index >= 15 is 0 Å². The van der Waals surface area contributed by atoms with Gasteiger partial charge in [0.05, 0.1) is 14.4 Å². The number of carbonyl (C=O) groups is 1. The molecule has 1 amide bonds. The Bertz CT molecular complexity index is 261. The summed E-state index contributed by atoms with van der Waals surface area (Å²) in [6.07, 6.45) is 0. The van der Waals surface area contributed by atoms with Crippen molar-refractivity contribution >= 4 is 78.8 Å². The molecule has 1 aliphatic heterocycles. The Labute approximate surface area is 131 Å². The zero-order valence-corrected chi connectivity index (χ0v) is 13.6. The fourth-order valence-electron chi connectivity index (χ4n) is 0.561. The minimum absolute atomic E-state index is 0. The third-order valence-electron chi connectivity index (χ3n) is 1.02. The molecule has 3 N–H and O–H groups in total. The number of hydrogen-bond acceptors (Lipinski definition) is 5. The molecule has 0 spiro atoms. The molecule has 0 bridgehead atoms. The normalized spacial score (nSPS) is 14.3. The fraction of sp³-hybridized carbons (Fsp3) is 0.500. The first-order valence-electron chi connectivity index (χ1n) is 3.04. The summed E-state index contributed by atoms with van der Waals surface area (Å²) in [5.74, 6) is 0.0903. The summed E-state index contributed by atoms with van der Waals surface area (Å²) in [6, 6.07) is 0. The second-order valence-electron chi connectivity index (χ2n) is 2.22. The summed E-state index contributed by atoms with van der Waals surface area (Å²) in [4.78, 5) is 36.2. The van der Waals surface area contributed by atoms with Crippen molar-refractivity contribution < 1.29 is 24.0 Å². The van der Waals surface area contributed by atoms with Gasteiger partial charge in [-0.05, 0) is 0 Å². The van der Waals surface area contributed by atoms with Crippen molar-refractivity contribution in [1.82, 2.24) is 10.2 Å². The molecular formula is C4H8N3Na2O5P-2. The maximum atomic E-state index is 10.4. The molecule has 2 radical (unpaired) electrons. The van der Waals surface area contributed by atoms with Gasteiger partial charge in [-0.2, -0.15) is 0 Å². The van der Waals surface area contributed by atoms with Gasteiger partial charge >= 0.3 is 0 Å². The van der Waals surface area contributed by atoms with Crippen LogP contribution in [0.1, 0.15) is 0 Å². The van der Waals surface area contributed by atoms with Crippen molar-refractivity contribution in [3.8, 4) is 0 Å². The molecule has 0 aromatic heterocycles. The summed E-state index contributed by atoms with van der Waals surface area (Å²) in [5.41, 5.74) is 0. The summed E-state index contributed by atoms with van der Waals surface area (Å²) in [5, 5.41) is 9.32. The van der Waals surface area contributed by atoms with Gasteiger partial charge in [0.2, 0.25) is 5.91 Å². The second-order valence-corrected chi connectivity index (χ2v) is 3.16. The van der Waals surface area contributed by atoms with E-state index in [1.165, 1.54) is 0 Å². The molecule has 15 heavy (non-hydrogen) atoms. The number of phosphoric acid groups is 1. The van der Waals surface area contributed by atoms with Crippen LogP contribution < -0.4 is 15.1 Å². The zero-order valence-electron chi connectivity index (χ0n) is 8.68. The van der Waals surface area contributed by atoms with Crippen molar-refractivity contribution in [2.24, 2.45) is 0 Å². The second kappa shape index (κ2) is 9.12. The van der Waals surface area contributed by atoms with E-state index in [1.807, 2.05) is 0 Å². The first-order chi connectivity index (χ1) is 5.70. The third-order valence-corrected chi connectivity index (χ3v) is 1.02. The zero-order chi connectivity index (χ0) is 10.6. The first kappa shape index (κ1) is 21.3. The van der Waals surface area contributed by atoms with Crippen LogP contribution in [0.15, 0.2) is 0 Å². The molecule has 78 valence electrons. The quantitative estimate of drug-likeness (QED) is 0.298. The Morgan fingerprint density at radius 1 is 1.53 bits per heavy atom. The number of guanidine groups is 1. The van der Waals surface area contributed by atoms with Crippen LogP contribution in [0, 0.1) is 5.41 Å². The van der Waals surface area contributed by atoms with Gasteiger partial charge in [0.1, 0.15) is 0 Å². The maximum Gasteiger partial charge on any atom is 0.246 e. The van der Waals surface area contributed by atoms with E-state index in [-0.39, 0.29) is 71.0 Å². The van der Waals surface area contributed by atoms with Crippen LogP contribution in [0.3, 0.4) is 0 Å². The van der Waals surface area contributed by atoms with E-state index in [4.69, 9.17) is 24.7 Å². The molecule has 1 aliphatic rings. The van der Waals surface area contributed by atoms with E-state index in [2.05, 4.69) is 5.32 Å². The Morgan fingerprint density at radius 2 is 1.87 bits per heavy atom. The summed E-state index contributed by atoms with van der Waals surface area (Å²) in [6.45, 7) is 0.318. The van der Waals surface area contributed by atoms with Gasteiger partial charge in [0, 0.05) is 66.2 Å². The average Bonchev–Trinajstić information content (AvgIpc) is 2.05. The Balaban J connectivity index is -0.000000185. The van der Waals surface area contributed by atoms with Gasteiger partial charge in [-0.1, -0.05) is 0 Å². The van der Waals surface area contributed by atoms with E-state index < -0.39 is 7.82 Å². The van der Waals surface area contributed by atoms with Crippen LogP contribution in [0.5, 0.6) is 0 Å². The molecule has 0 saturated carbocycles. The molecule has 11 heteroatoms. The van der Waals surface area contributed by atoms with Gasteiger partial charge in [-0.25, -0.2) is 0 Å². The monoisotopic (exact) mass is 255 g/mol. The molecule has 8 nitrogen and oxygen atoms in total. The molecule has 1 rings (SSSR count). The van der Waals surface area contributed by atoms with E-state index in [1.54, 1.807) is 11.9 Å². The van der Waals surface area contributed by atoms with E-state index in [9.17, 15) is 4.79 Å². The molecule has 0 aromatic rings. The van der Waals surface area contributed by atoms with Crippen molar-refractivity contribution in [2.45, 2.75) is 0 Å². The predicted octanol–water partition coefficient (Wildman–Crippen LogP) is -3.97. The third kappa shape index (κ3) is 15.1. The number of carbonyl (C=O) groups excluding carboxylic acids is 1. The largest absolute Gasteiger partial charge is 0.790 e. The number of likely N-dealkylation sites (N-methyl/N-ethyl adjacent to an activating group) is 1. The molecule has 0 unspecified atom stereocenters. The topological polar surface area (TPSA) is 140 Å². The van der Waals surface area contributed by atoms with Gasteiger partial charge in [-0.3, -0.25) is 15.5 Å². The molecule has 0 atom stereocenters. The van der Waals surface area contributed by atoms with E-state index in [0.29, 0.717) is 6.54 Å². The van der Waals surface area contributed by atoms with Gasteiger partial charge in [0.25, 0.3) is 0 Å². The van der Waals surface area contributed by atoms with Crippen molar-refractivity contribution in [3.63, 3.8) is 0 Å². The summed E-state index contributed by atoms with van der Waals surface area (Å²) < 4.78 is 8.66. The van der Waals surface area contributed by atoms with E-state index in [0.717, 1.165) is 0 Å². The van der Waals surface area contributed by atoms with Crippen LogP contribution in [0.2, 0.25) is 0 Å². The number of amides is 1. The van der Waals surface area contributed by atoms with Crippen LogP contribution >= 0.6 is 7.82 Å². The fourth-order valence-corrected chi connectivity index (χ4v) is 0.561. The van der Waals surface area contributed by atoms with Gasteiger partial charge in [-0.15, -0.1) is 0 Å². The number of nitrogens with one attached hydrogen (secondary N) is 2. The molecule has 1 fully saturated rings. The number of rotatable bonds is 0. The Hall–Kier alpha value is 1.05. The predicted molar refractivity (Wildman–Crippen MR) is 49.8 cm³/mol. The smallest absolute Gasteiger partial charge is 0.246 e. The Kier molecular flexibility index (Phi) is 13.0. The summed E-state index contributed by atoms with van der Waals surface area (Å²) >= 11 is 0. The minimum Gasteiger partial charge on any atom is -0.790 e. The van der Waals surface area contributed by atoms with Crippen molar-refractivity contribution in [2.75, 3.05) is 13.6 Å². The molecule has 0 aromatic carbocycles. The molecular weight excluding hydrogens is 247 g/mol. The SMILES string of the molecule is CN1CC(=O)NC1=N.O=P([O-])([O-])O.[Na].[Na]. The van der Waals surface area contributed by atoms with Crippen LogP contribution in [0.25, 0.3) is 0 Å². The van der Waals surface area contributed by atoms with Gasteiger partial charge in [0.15, 0.2) is 5.96 Å². The Morgan fingerprint density at radius 3 is 1.93 bits per heavy atom. The van der Waals surface area contributed by atoms with Crippen LogP contribution in [0.4, 0.5) is 0 Å². The maximum absolute atomic E-state index is 10.4. The number of hydrogen-bond donors (Lipinski definition) is 3. The molecule has 1 heterocycles. The van der Waals surface area contributed by atoms with Gasteiger partial charge < -0.3 is 24.1 Å². The standard InChI is InChI=1S/C4H7N3O.2Na.H3O4P/c1-7-2-3(8)6-4(7)5;;;1-5(2,3)4/h2H2,1H3,(H2,5,6,8);;;(H3,1,2,3,4)/p-2. The average molecular weight is 255 g/mol. The summed E-state index contributed by atoms with van der Waals surface area (Å²) in [7, 11) is -3.44. The first-order valence-corrected chi connectivity index (χ1v) is 4.54. The van der Waals surface area contributed by atoms with Crippen LogP contribution in [-0.2, 0) is 9.36 Å².